The maximum Gasteiger partial charge on any atom is 0.124 e. The number of phenols is 1. The van der Waals surface area contributed by atoms with Crippen molar-refractivity contribution >= 4 is 11.6 Å². The molecule has 0 amide bonds. The summed E-state index contributed by atoms with van der Waals surface area (Å²) in [6, 6.07) is 13.0. The van der Waals surface area contributed by atoms with Crippen LogP contribution in [-0.2, 0) is 0 Å². The highest BCUT2D eigenvalue weighted by Crippen LogP contribution is 2.36. The number of halogens is 1. The SMILES string of the molecule is Cc1ccccc1-c1c(O)cccc1Cl. The van der Waals surface area contributed by atoms with Crippen LogP contribution in [0.3, 0.4) is 0 Å². The van der Waals surface area contributed by atoms with Gasteiger partial charge in [0.2, 0.25) is 0 Å². The molecule has 0 spiro atoms. The van der Waals surface area contributed by atoms with Crippen molar-refractivity contribution in [3.63, 3.8) is 0 Å². The highest BCUT2D eigenvalue weighted by Gasteiger charge is 2.09. The van der Waals surface area contributed by atoms with Crippen LogP contribution in [0.25, 0.3) is 11.1 Å². The van der Waals surface area contributed by atoms with E-state index in [9.17, 15) is 5.11 Å². The van der Waals surface area contributed by atoms with E-state index in [0.29, 0.717) is 10.6 Å². The van der Waals surface area contributed by atoms with E-state index >= 15 is 0 Å². The summed E-state index contributed by atoms with van der Waals surface area (Å²) in [5.41, 5.74) is 2.78. The smallest absolute Gasteiger partial charge is 0.124 e. The average Bonchev–Trinajstić information content (AvgIpc) is 2.20. The van der Waals surface area contributed by atoms with Crippen LogP contribution < -0.4 is 0 Å². The van der Waals surface area contributed by atoms with E-state index in [1.807, 2.05) is 31.2 Å². The first-order valence-electron chi connectivity index (χ1n) is 4.73. The van der Waals surface area contributed by atoms with Gasteiger partial charge in [0.15, 0.2) is 0 Å². The van der Waals surface area contributed by atoms with Crippen molar-refractivity contribution in [3.8, 4) is 16.9 Å². The van der Waals surface area contributed by atoms with Crippen LogP contribution in [-0.4, -0.2) is 5.11 Å². The number of hydrogen-bond donors (Lipinski definition) is 1. The van der Waals surface area contributed by atoms with Gasteiger partial charge in [-0.1, -0.05) is 41.9 Å². The molecule has 0 aromatic heterocycles. The molecule has 2 aromatic rings. The van der Waals surface area contributed by atoms with Crippen molar-refractivity contribution in [3.05, 3.63) is 53.1 Å². The van der Waals surface area contributed by atoms with Crippen LogP contribution in [0.2, 0.25) is 5.02 Å². The van der Waals surface area contributed by atoms with Gasteiger partial charge in [0.05, 0.1) is 5.02 Å². The first-order chi connectivity index (χ1) is 7.20. The van der Waals surface area contributed by atoms with Crippen LogP contribution in [0, 0.1) is 6.92 Å². The van der Waals surface area contributed by atoms with Crippen molar-refractivity contribution in [1.82, 2.24) is 0 Å². The molecule has 0 aliphatic heterocycles. The molecule has 0 saturated heterocycles. The highest BCUT2D eigenvalue weighted by atomic mass is 35.5. The number of hydrogen-bond acceptors (Lipinski definition) is 1. The molecule has 0 saturated carbocycles. The fourth-order valence-electron chi connectivity index (χ4n) is 1.63. The minimum absolute atomic E-state index is 0.219. The van der Waals surface area contributed by atoms with Crippen LogP contribution >= 0.6 is 11.6 Å². The van der Waals surface area contributed by atoms with Crippen LogP contribution in [0.15, 0.2) is 42.5 Å². The Hall–Kier alpha value is -1.47. The number of phenolic OH excluding ortho intramolecular Hbond substituents is 1. The first kappa shape index (κ1) is 10.1. The lowest BCUT2D eigenvalue weighted by molar-refractivity contribution is 0.477. The molecular weight excluding hydrogens is 208 g/mol. The molecule has 15 heavy (non-hydrogen) atoms. The second kappa shape index (κ2) is 3.95. The molecule has 0 fully saturated rings. The van der Waals surface area contributed by atoms with Gasteiger partial charge in [0.25, 0.3) is 0 Å². The minimum Gasteiger partial charge on any atom is -0.507 e. The van der Waals surface area contributed by atoms with Gasteiger partial charge in [-0.15, -0.1) is 0 Å². The lowest BCUT2D eigenvalue weighted by atomic mass is 10.00. The molecule has 76 valence electrons. The van der Waals surface area contributed by atoms with Gasteiger partial charge < -0.3 is 5.11 Å². The number of rotatable bonds is 1. The second-order valence-corrected chi connectivity index (χ2v) is 3.86. The normalized spacial score (nSPS) is 10.3. The molecule has 2 heteroatoms. The van der Waals surface area contributed by atoms with Crippen molar-refractivity contribution in [1.29, 1.82) is 0 Å². The molecule has 1 N–H and O–H groups in total. The fraction of sp³-hybridized carbons (Fsp3) is 0.0769. The van der Waals surface area contributed by atoms with E-state index < -0.39 is 0 Å². The largest absolute Gasteiger partial charge is 0.507 e. The van der Waals surface area contributed by atoms with Crippen LogP contribution in [0.1, 0.15) is 5.56 Å². The highest BCUT2D eigenvalue weighted by molar-refractivity contribution is 6.33. The monoisotopic (exact) mass is 218 g/mol. The predicted molar refractivity (Wildman–Crippen MR) is 63.3 cm³/mol. The zero-order chi connectivity index (χ0) is 10.8. The second-order valence-electron chi connectivity index (χ2n) is 3.45. The Morgan fingerprint density at radius 2 is 1.73 bits per heavy atom. The van der Waals surface area contributed by atoms with E-state index in [4.69, 9.17) is 11.6 Å². The molecule has 0 atom stereocenters. The van der Waals surface area contributed by atoms with Crippen molar-refractivity contribution in [2.75, 3.05) is 0 Å². The van der Waals surface area contributed by atoms with Gasteiger partial charge in [-0.25, -0.2) is 0 Å². The van der Waals surface area contributed by atoms with E-state index in [0.717, 1.165) is 11.1 Å². The number of aromatic hydroxyl groups is 1. The summed E-state index contributed by atoms with van der Waals surface area (Å²) in [7, 11) is 0. The maximum absolute atomic E-state index is 9.78. The Bertz CT molecular complexity index is 471. The Labute approximate surface area is 94.0 Å². The van der Waals surface area contributed by atoms with Gasteiger partial charge in [-0.2, -0.15) is 0 Å². The minimum atomic E-state index is 0.219. The van der Waals surface area contributed by atoms with Gasteiger partial charge >= 0.3 is 0 Å². The zero-order valence-electron chi connectivity index (χ0n) is 8.37. The summed E-state index contributed by atoms with van der Waals surface area (Å²) < 4.78 is 0. The Morgan fingerprint density at radius 3 is 2.40 bits per heavy atom. The summed E-state index contributed by atoms with van der Waals surface area (Å²) >= 11 is 6.08. The number of aryl methyl sites for hydroxylation is 1. The third-order valence-electron chi connectivity index (χ3n) is 2.41. The molecule has 0 unspecified atom stereocenters. The molecule has 2 rings (SSSR count). The summed E-state index contributed by atoms with van der Waals surface area (Å²) in [4.78, 5) is 0. The van der Waals surface area contributed by atoms with Crippen molar-refractivity contribution in [2.45, 2.75) is 6.92 Å². The Kier molecular flexibility index (Phi) is 2.65. The molecule has 1 nitrogen and oxygen atoms in total. The molecular formula is C13H11ClO. The van der Waals surface area contributed by atoms with Gasteiger partial charge in [-0.05, 0) is 30.2 Å². The van der Waals surface area contributed by atoms with Gasteiger partial charge in [-0.3, -0.25) is 0 Å². The van der Waals surface area contributed by atoms with Crippen LogP contribution in [0.4, 0.5) is 0 Å². The molecule has 0 bridgehead atoms. The molecule has 0 aliphatic rings. The predicted octanol–water partition coefficient (Wildman–Crippen LogP) is 4.02. The van der Waals surface area contributed by atoms with Crippen molar-refractivity contribution < 1.29 is 5.11 Å². The third-order valence-corrected chi connectivity index (χ3v) is 2.72. The van der Waals surface area contributed by atoms with E-state index in [1.54, 1.807) is 18.2 Å². The Balaban J connectivity index is 2.69. The van der Waals surface area contributed by atoms with E-state index in [-0.39, 0.29) is 5.75 Å². The quantitative estimate of drug-likeness (QED) is 0.767. The lowest BCUT2D eigenvalue weighted by Gasteiger charge is -2.09. The summed E-state index contributed by atoms with van der Waals surface area (Å²) in [6.45, 7) is 2.00. The summed E-state index contributed by atoms with van der Waals surface area (Å²) in [6.07, 6.45) is 0. The van der Waals surface area contributed by atoms with Gasteiger partial charge in [0.1, 0.15) is 5.75 Å². The summed E-state index contributed by atoms with van der Waals surface area (Å²) in [5.74, 6) is 0.219. The maximum atomic E-state index is 9.78. The fourth-order valence-corrected chi connectivity index (χ4v) is 1.90. The zero-order valence-corrected chi connectivity index (χ0v) is 9.12. The first-order valence-corrected chi connectivity index (χ1v) is 5.11. The Morgan fingerprint density at radius 1 is 1.00 bits per heavy atom. The molecule has 0 heterocycles. The topological polar surface area (TPSA) is 20.2 Å². The molecule has 0 radical (unpaired) electrons. The van der Waals surface area contributed by atoms with E-state index in [2.05, 4.69) is 0 Å². The standard InChI is InChI=1S/C13H11ClO/c1-9-5-2-3-6-10(9)13-11(14)7-4-8-12(13)15/h2-8,15H,1H3. The third kappa shape index (κ3) is 1.83. The van der Waals surface area contributed by atoms with Gasteiger partial charge in [0, 0.05) is 5.56 Å². The molecule has 0 aliphatic carbocycles. The van der Waals surface area contributed by atoms with Crippen LogP contribution in [0.5, 0.6) is 5.75 Å². The van der Waals surface area contributed by atoms with E-state index in [1.165, 1.54) is 0 Å². The van der Waals surface area contributed by atoms with Crippen molar-refractivity contribution in [2.24, 2.45) is 0 Å². The number of benzene rings is 2. The summed E-state index contributed by atoms with van der Waals surface area (Å²) in [5, 5.41) is 10.4. The molecule has 2 aromatic carbocycles. The average molecular weight is 219 g/mol. The lowest BCUT2D eigenvalue weighted by Crippen LogP contribution is -1.84.